The number of nitrogens with zero attached hydrogens (tertiary/aromatic N) is 1. The van der Waals surface area contributed by atoms with E-state index in [0.717, 1.165) is 0 Å². The van der Waals surface area contributed by atoms with Crippen molar-refractivity contribution in [3.8, 4) is 0 Å². The highest BCUT2D eigenvalue weighted by atomic mass is 32.2. The minimum absolute atomic E-state index is 0.0804. The van der Waals surface area contributed by atoms with E-state index in [1.807, 2.05) is 0 Å². The third kappa shape index (κ3) is 3.89. The van der Waals surface area contributed by atoms with E-state index in [0.29, 0.717) is 25.7 Å². The number of sulfonamides is 1. The van der Waals surface area contributed by atoms with E-state index in [9.17, 15) is 13.2 Å². The van der Waals surface area contributed by atoms with E-state index in [1.54, 1.807) is 0 Å². The summed E-state index contributed by atoms with van der Waals surface area (Å²) >= 11 is 0. The summed E-state index contributed by atoms with van der Waals surface area (Å²) < 4.78 is 30.9. The molecule has 1 heterocycles. The summed E-state index contributed by atoms with van der Waals surface area (Å²) in [6.45, 7) is 1.40. The molecular weight excluding hydrogens is 268 g/mol. The minimum atomic E-state index is -3.56. The molecule has 1 aromatic heterocycles. The topological polar surface area (TPSA) is 79.5 Å². The van der Waals surface area contributed by atoms with Gasteiger partial charge in [0.15, 0.2) is 0 Å². The molecule has 0 radical (unpaired) electrons. The van der Waals surface area contributed by atoms with Crippen molar-refractivity contribution in [3.05, 3.63) is 28.7 Å². The van der Waals surface area contributed by atoms with Gasteiger partial charge in [0.1, 0.15) is 0 Å². The Morgan fingerprint density at radius 1 is 1.42 bits per heavy atom. The van der Waals surface area contributed by atoms with Gasteiger partial charge in [-0.3, -0.25) is 4.79 Å². The lowest BCUT2D eigenvalue weighted by Gasteiger charge is -2.16. The van der Waals surface area contributed by atoms with Gasteiger partial charge < -0.3 is 9.72 Å². The zero-order chi connectivity index (χ0) is 13.9. The predicted octanol–water partition coefficient (Wildman–Crippen LogP) is 0.422. The molecule has 0 unspecified atom stereocenters. The van der Waals surface area contributed by atoms with Crippen LogP contribution < -0.4 is 5.56 Å². The first-order valence-corrected chi connectivity index (χ1v) is 7.67. The highest BCUT2D eigenvalue weighted by molar-refractivity contribution is 7.89. The maximum absolute atomic E-state index is 12.1. The summed E-state index contributed by atoms with van der Waals surface area (Å²) in [4.78, 5) is 13.4. The number of hydrogen-bond acceptors (Lipinski definition) is 4. The van der Waals surface area contributed by atoms with Gasteiger partial charge in [-0.2, -0.15) is 4.31 Å². The molecular formula is C12H18N2O4S. The first-order valence-electron chi connectivity index (χ1n) is 6.23. The summed E-state index contributed by atoms with van der Waals surface area (Å²) in [5.41, 5.74) is -0.325. The molecule has 0 saturated heterocycles. The van der Waals surface area contributed by atoms with Crippen LogP contribution in [0.4, 0.5) is 0 Å². The molecule has 7 heteroatoms. The van der Waals surface area contributed by atoms with Gasteiger partial charge in [-0.05, 0) is 24.8 Å². The van der Waals surface area contributed by atoms with Crippen molar-refractivity contribution in [2.45, 2.75) is 17.7 Å². The first-order chi connectivity index (χ1) is 9.00. The minimum Gasteiger partial charge on any atom is -0.380 e. The van der Waals surface area contributed by atoms with Gasteiger partial charge in [0.2, 0.25) is 15.6 Å². The van der Waals surface area contributed by atoms with Crippen LogP contribution in [0.15, 0.2) is 28.0 Å². The van der Waals surface area contributed by atoms with E-state index in [1.165, 1.54) is 42.5 Å². The third-order valence-corrected chi connectivity index (χ3v) is 4.92. The van der Waals surface area contributed by atoms with Crippen LogP contribution in [-0.4, -0.2) is 44.5 Å². The number of hydrogen-bond donors (Lipinski definition) is 1. The largest absolute Gasteiger partial charge is 0.380 e. The molecule has 0 atom stereocenters. The lowest BCUT2D eigenvalue weighted by molar-refractivity contribution is 0.117. The zero-order valence-corrected chi connectivity index (χ0v) is 11.6. The predicted molar refractivity (Wildman–Crippen MR) is 70.4 cm³/mol. The Bertz CT molecular complexity index is 557. The van der Waals surface area contributed by atoms with Gasteiger partial charge in [-0.15, -0.1) is 0 Å². The van der Waals surface area contributed by atoms with Crippen molar-refractivity contribution in [1.82, 2.24) is 9.29 Å². The van der Waals surface area contributed by atoms with E-state index in [2.05, 4.69) is 4.98 Å². The second-order valence-corrected chi connectivity index (χ2v) is 6.78. The second-order valence-electron chi connectivity index (χ2n) is 4.73. The molecule has 0 aliphatic heterocycles. The molecule has 0 aromatic carbocycles. The molecule has 0 amide bonds. The van der Waals surface area contributed by atoms with Crippen molar-refractivity contribution in [2.75, 3.05) is 26.8 Å². The fourth-order valence-corrected chi connectivity index (χ4v) is 2.71. The maximum Gasteiger partial charge on any atom is 0.247 e. The van der Waals surface area contributed by atoms with Crippen molar-refractivity contribution < 1.29 is 13.2 Å². The quantitative estimate of drug-likeness (QED) is 0.737. The van der Waals surface area contributed by atoms with Crippen molar-refractivity contribution in [1.29, 1.82) is 0 Å². The molecule has 1 fully saturated rings. The summed E-state index contributed by atoms with van der Waals surface area (Å²) in [6, 6.07) is 2.50. The average molecular weight is 286 g/mol. The van der Waals surface area contributed by atoms with Crippen LogP contribution in [0.3, 0.4) is 0 Å². The Balaban J connectivity index is 1.89. The molecule has 1 saturated carbocycles. The van der Waals surface area contributed by atoms with Gasteiger partial charge in [0.25, 0.3) is 0 Å². The van der Waals surface area contributed by atoms with Gasteiger partial charge >= 0.3 is 0 Å². The van der Waals surface area contributed by atoms with Crippen LogP contribution in [0, 0.1) is 5.92 Å². The molecule has 0 bridgehead atoms. The van der Waals surface area contributed by atoms with Crippen molar-refractivity contribution in [2.24, 2.45) is 5.92 Å². The number of pyridine rings is 1. The normalized spacial score (nSPS) is 15.9. The van der Waals surface area contributed by atoms with Gasteiger partial charge in [0, 0.05) is 32.5 Å². The van der Waals surface area contributed by atoms with Crippen LogP contribution in [0.2, 0.25) is 0 Å². The SMILES string of the molecule is CN(CCOCC1CC1)S(=O)(=O)c1ccc(=O)[nH]c1. The van der Waals surface area contributed by atoms with Crippen molar-refractivity contribution in [3.63, 3.8) is 0 Å². The maximum atomic E-state index is 12.1. The van der Waals surface area contributed by atoms with Crippen LogP contribution in [0.25, 0.3) is 0 Å². The van der Waals surface area contributed by atoms with Crippen LogP contribution >= 0.6 is 0 Å². The first kappa shape index (κ1) is 14.2. The Morgan fingerprint density at radius 3 is 2.74 bits per heavy atom. The van der Waals surface area contributed by atoms with Crippen LogP contribution in [0.1, 0.15) is 12.8 Å². The fraction of sp³-hybridized carbons (Fsp3) is 0.583. The lowest BCUT2D eigenvalue weighted by atomic mass is 10.5. The van der Waals surface area contributed by atoms with E-state index in [4.69, 9.17) is 4.74 Å². The Hall–Kier alpha value is -1.18. The zero-order valence-electron chi connectivity index (χ0n) is 10.8. The number of likely N-dealkylation sites (N-methyl/N-ethyl adjacent to an activating group) is 1. The van der Waals surface area contributed by atoms with Crippen LogP contribution in [0.5, 0.6) is 0 Å². The van der Waals surface area contributed by atoms with Gasteiger partial charge in [-0.1, -0.05) is 0 Å². The lowest BCUT2D eigenvalue weighted by Crippen LogP contribution is -2.30. The van der Waals surface area contributed by atoms with E-state index in [-0.39, 0.29) is 10.5 Å². The molecule has 6 nitrogen and oxygen atoms in total. The smallest absolute Gasteiger partial charge is 0.247 e. The molecule has 1 aliphatic rings. The number of ether oxygens (including phenoxy) is 1. The Morgan fingerprint density at radius 2 is 2.16 bits per heavy atom. The number of nitrogens with one attached hydrogen (secondary N) is 1. The molecule has 106 valence electrons. The highest BCUT2D eigenvalue weighted by Gasteiger charge is 2.23. The number of aromatic amines is 1. The average Bonchev–Trinajstić information content (AvgIpc) is 3.19. The Kier molecular flexibility index (Phi) is 4.38. The monoisotopic (exact) mass is 286 g/mol. The Labute approximate surface area is 112 Å². The van der Waals surface area contributed by atoms with E-state index >= 15 is 0 Å². The van der Waals surface area contributed by atoms with Gasteiger partial charge in [-0.25, -0.2) is 8.42 Å². The van der Waals surface area contributed by atoms with Crippen LogP contribution in [-0.2, 0) is 14.8 Å². The summed E-state index contributed by atoms with van der Waals surface area (Å²) in [5.74, 6) is 0.668. The second kappa shape index (κ2) is 5.85. The molecule has 0 spiro atoms. The fourth-order valence-electron chi connectivity index (χ4n) is 1.58. The van der Waals surface area contributed by atoms with Crippen molar-refractivity contribution >= 4 is 10.0 Å². The molecule has 1 aromatic rings. The summed E-state index contributed by atoms with van der Waals surface area (Å²) in [7, 11) is -2.06. The number of H-pyrrole nitrogens is 1. The molecule has 19 heavy (non-hydrogen) atoms. The summed E-state index contributed by atoms with van der Waals surface area (Å²) in [5, 5.41) is 0. The molecule has 1 aliphatic carbocycles. The highest BCUT2D eigenvalue weighted by Crippen LogP contribution is 2.28. The third-order valence-electron chi connectivity index (χ3n) is 3.06. The molecule has 2 rings (SSSR count). The standard InChI is InChI=1S/C12H18N2O4S/c1-14(6-7-18-9-10-2-3-10)19(16,17)11-4-5-12(15)13-8-11/h4-5,8,10H,2-3,6-7,9H2,1H3,(H,13,15). The van der Waals surface area contributed by atoms with E-state index < -0.39 is 10.0 Å². The molecule has 1 N–H and O–H groups in total. The number of rotatable bonds is 7. The summed E-state index contributed by atoms with van der Waals surface area (Å²) in [6.07, 6.45) is 3.64. The van der Waals surface area contributed by atoms with Gasteiger partial charge in [0.05, 0.1) is 11.5 Å². The number of aromatic nitrogens is 1.